The Kier molecular flexibility index (Phi) is 5.01. The second-order valence-corrected chi connectivity index (χ2v) is 6.51. The molecule has 2 aliphatic rings. The standard InChI is InChI=1S/C20H21N3O5/c1-2-26-20(25)23-6-5-15-13(12-23)10-21-11-16(15)19(24)22-14-3-4-17-18(9-14)28-8-7-27-17/h3-4,9-11H,2,5-8,12H2,1H3,(H,22,24). The molecule has 1 aromatic carbocycles. The predicted molar refractivity (Wildman–Crippen MR) is 101 cm³/mol. The van der Waals surface area contributed by atoms with Crippen molar-refractivity contribution in [2.75, 3.05) is 31.7 Å². The van der Waals surface area contributed by atoms with E-state index in [2.05, 4.69) is 10.3 Å². The average molecular weight is 383 g/mol. The van der Waals surface area contributed by atoms with E-state index in [0.29, 0.717) is 62.1 Å². The summed E-state index contributed by atoms with van der Waals surface area (Å²) >= 11 is 0. The van der Waals surface area contributed by atoms with Gasteiger partial charge in [-0.25, -0.2) is 4.79 Å². The van der Waals surface area contributed by atoms with Gasteiger partial charge in [-0.1, -0.05) is 0 Å². The van der Waals surface area contributed by atoms with Gasteiger partial charge in [0.15, 0.2) is 11.5 Å². The fourth-order valence-corrected chi connectivity index (χ4v) is 3.38. The monoisotopic (exact) mass is 383 g/mol. The smallest absolute Gasteiger partial charge is 0.410 e. The summed E-state index contributed by atoms with van der Waals surface area (Å²) in [5.41, 5.74) is 2.89. The Balaban J connectivity index is 1.52. The van der Waals surface area contributed by atoms with Crippen LogP contribution in [0.25, 0.3) is 0 Å². The minimum atomic E-state index is -0.348. The summed E-state index contributed by atoms with van der Waals surface area (Å²) in [6.45, 7) is 3.99. The van der Waals surface area contributed by atoms with Gasteiger partial charge in [-0.05, 0) is 36.6 Å². The Morgan fingerprint density at radius 1 is 1.21 bits per heavy atom. The third-order valence-electron chi connectivity index (χ3n) is 4.71. The van der Waals surface area contributed by atoms with Crippen molar-refractivity contribution in [3.05, 3.63) is 47.3 Å². The lowest BCUT2D eigenvalue weighted by Gasteiger charge is -2.28. The number of nitrogens with zero attached hydrogens (tertiary/aromatic N) is 2. The van der Waals surface area contributed by atoms with Crippen molar-refractivity contribution in [2.45, 2.75) is 19.9 Å². The van der Waals surface area contributed by atoms with Crippen LogP contribution in [-0.4, -0.2) is 48.2 Å². The summed E-state index contributed by atoms with van der Waals surface area (Å²) in [6.07, 6.45) is 3.48. The molecule has 0 spiro atoms. The van der Waals surface area contributed by atoms with E-state index in [1.54, 1.807) is 42.4 Å². The third-order valence-corrected chi connectivity index (χ3v) is 4.71. The average Bonchev–Trinajstić information content (AvgIpc) is 2.73. The first-order valence-corrected chi connectivity index (χ1v) is 9.24. The van der Waals surface area contributed by atoms with E-state index in [4.69, 9.17) is 14.2 Å². The van der Waals surface area contributed by atoms with Gasteiger partial charge in [0.2, 0.25) is 0 Å². The fourth-order valence-electron chi connectivity index (χ4n) is 3.38. The van der Waals surface area contributed by atoms with E-state index in [9.17, 15) is 9.59 Å². The van der Waals surface area contributed by atoms with Gasteiger partial charge in [0, 0.05) is 30.7 Å². The number of anilines is 1. The van der Waals surface area contributed by atoms with Gasteiger partial charge in [0.1, 0.15) is 13.2 Å². The number of aromatic nitrogens is 1. The first kappa shape index (κ1) is 18.1. The zero-order valence-corrected chi connectivity index (χ0v) is 15.6. The molecule has 4 rings (SSSR count). The number of benzene rings is 1. The highest BCUT2D eigenvalue weighted by molar-refractivity contribution is 6.05. The molecule has 0 unspecified atom stereocenters. The first-order chi connectivity index (χ1) is 13.7. The van der Waals surface area contributed by atoms with Crippen LogP contribution in [-0.2, 0) is 17.7 Å². The maximum absolute atomic E-state index is 12.8. The number of nitrogens with one attached hydrogen (secondary N) is 1. The molecule has 28 heavy (non-hydrogen) atoms. The first-order valence-electron chi connectivity index (χ1n) is 9.24. The van der Waals surface area contributed by atoms with E-state index in [-0.39, 0.29) is 12.0 Å². The number of amides is 2. The van der Waals surface area contributed by atoms with Crippen LogP contribution >= 0.6 is 0 Å². The molecule has 2 amide bonds. The molecular weight excluding hydrogens is 362 g/mol. The number of ether oxygens (including phenoxy) is 3. The summed E-state index contributed by atoms with van der Waals surface area (Å²) in [4.78, 5) is 30.6. The highest BCUT2D eigenvalue weighted by Crippen LogP contribution is 2.33. The van der Waals surface area contributed by atoms with Crippen LogP contribution in [0.2, 0.25) is 0 Å². The molecule has 8 heteroatoms. The van der Waals surface area contributed by atoms with E-state index >= 15 is 0 Å². The van der Waals surface area contributed by atoms with Gasteiger partial charge < -0.3 is 24.4 Å². The van der Waals surface area contributed by atoms with Crippen molar-refractivity contribution < 1.29 is 23.8 Å². The second-order valence-electron chi connectivity index (χ2n) is 6.51. The molecule has 2 aliphatic heterocycles. The lowest BCUT2D eigenvalue weighted by atomic mass is 9.97. The van der Waals surface area contributed by atoms with E-state index in [0.717, 1.165) is 11.1 Å². The highest BCUT2D eigenvalue weighted by Gasteiger charge is 2.25. The Morgan fingerprint density at radius 2 is 2.04 bits per heavy atom. The second kappa shape index (κ2) is 7.75. The van der Waals surface area contributed by atoms with Gasteiger partial charge in [-0.2, -0.15) is 0 Å². The molecule has 0 atom stereocenters. The van der Waals surface area contributed by atoms with E-state index in [1.807, 2.05) is 0 Å². The molecule has 8 nitrogen and oxygen atoms in total. The molecule has 3 heterocycles. The molecule has 1 N–H and O–H groups in total. The molecule has 1 aromatic heterocycles. The molecule has 0 bridgehead atoms. The summed E-state index contributed by atoms with van der Waals surface area (Å²) in [5.74, 6) is 1.04. The molecule has 0 saturated carbocycles. The Hall–Kier alpha value is -3.29. The number of carbonyl (C=O) groups excluding carboxylic acids is 2. The Bertz CT molecular complexity index is 915. The van der Waals surface area contributed by atoms with Gasteiger partial charge in [-0.15, -0.1) is 0 Å². The van der Waals surface area contributed by atoms with Crippen LogP contribution in [0.15, 0.2) is 30.6 Å². The Labute approximate surface area is 162 Å². The zero-order valence-electron chi connectivity index (χ0n) is 15.6. The SMILES string of the molecule is CCOC(=O)N1CCc2c(cncc2C(=O)Nc2ccc3c(c2)OCCO3)C1. The van der Waals surface area contributed by atoms with Crippen LogP contribution in [0.3, 0.4) is 0 Å². The molecule has 0 fully saturated rings. The van der Waals surface area contributed by atoms with Crippen LogP contribution < -0.4 is 14.8 Å². The number of hydrogen-bond acceptors (Lipinski definition) is 6. The van der Waals surface area contributed by atoms with E-state index in [1.165, 1.54) is 0 Å². The van der Waals surface area contributed by atoms with Crippen LogP contribution in [0.1, 0.15) is 28.4 Å². The highest BCUT2D eigenvalue weighted by atomic mass is 16.6. The molecular formula is C20H21N3O5. The van der Waals surface area contributed by atoms with Crippen LogP contribution in [0, 0.1) is 0 Å². The zero-order chi connectivity index (χ0) is 19.5. The van der Waals surface area contributed by atoms with Crippen LogP contribution in [0.5, 0.6) is 11.5 Å². The van der Waals surface area contributed by atoms with Crippen molar-refractivity contribution in [1.29, 1.82) is 0 Å². The van der Waals surface area contributed by atoms with Crippen molar-refractivity contribution >= 4 is 17.7 Å². The minimum absolute atomic E-state index is 0.245. The number of carbonyl (C=O) groups is 2. The predicted octanol–water partition coefficient (Wildman–Crippen LogP) is 2.62. The maximum Gasteiger partial charge on any atom is 0.410 e. The summed E-state index contributed by atoms with van der Waals surface area (Å²) in [6, 6.07) is 5.30. The molecule has 2 aromatic rings. The van der Waals surface area contributed by atoms with Gasteiger partial charge in [-0.3, -0.25) is 9.78 Å². The van der Waals surface area contributed by atoms with Gasteiger partial charge >= 0.3 is 6.09 Å². The van der Waals surface area contributed by atoms with Crippen molar-refractivity contribution in [1.82, 2.24) is 9.88 Å². The Morgan fingerprint density at radius 3 is 2.86 bits per heavy atom. The molecule has 0 aliphatic carbocycles. The van der Waals surface area contributed by atoms with Crippen molar-refractivity contribution in [3.8, 4) is 11.5 Å². The lowest BCUT2D eigenvalue weighted by Crippen LogP contribution is -2.37. The van der Waals surface area contributed by atoms with Crippen LogP contribution in [0.4, 0.5) is 10.5 Å². The fraction of sp³-hybridized carbons (Fsp3) is 0.350. The molecule has 146 valence electrons. The summed E-state index contributed by atoms with van der Waals surface area (Å²) < 4.78 is 16.1. The number of fused-ring (bicyclic) bond motifs is 2. The number of pyridine rings is 1. The molecule has 0 saturated heterocycles. The van der Waals surface area contributed by atoms with Gasteiger partial charge in [0.25, 0.3) is 5.91 Å². The number of hydrogen-bond donors (Lipinski definition) is 1. The quantitative estimate of drug-likeness (QED) is 0.876. The normalized spacial score (nSPS) is 14.8. The third kappa shape index (κ3) is 3.58. The lowest BCUT2D eigenvalue weighted by molar-refractivity contribution is 0.101. The van der Waals surface area contributed by atoms with Crippen molar-refractivity contribution in [3.63, 3.8) is 0 Å². The van der Waals surface area contributed by atoms with Gasteiger partial charge in [0.05, 0.1) is 18.7 Å². The maximum atomic E-state index is 12.8. The minimum Gasteiger partial charge on any atom is -0.486 e. The number of rotatable bonds is 3. The summed E-state index contributed by atoms with van der Waals surface area (Å²) in [7, 11) is 0. The van der Waals surface area contributed by atoms with Crippen molar-refractivity contribution in [2.24, 2.45) is 0 Å². The molecule has 0 radical (unpaired) electrons. The van der Waals surface area contributed by atoms with E-state index < -0.39 is 0 Å². The largest absolute Gasteiger partial charge is 0.486 e. The summed E-state index contributed by atoms with van der Waals surface area (Å²) in [5, 5.41) is 2.89. The topological polar surface area (TPSA) is 90.0 Å².